The van der Waals surface area contributed by atoms with Gasteiger partial charge in [0.15, 0.2) is 6.61 Å². The molecule has 0 aliphatic carbocycles. The van der Waals surface area contributed by atoms with E-state index in [-0.39, 0.29) is 30.5 Å². The van der Waals surface area contributed by atoms with Gasteiger partial charge in [-0.2, -0.15) is 0 Å². The third-order valence-electron chi connectivity index (χ3n) is 4.37. The molecule has 0 spiro atoms. The first-order valence-electron chi connectivity index (χ1n) is 8.60. The number of carbonyl (C=O) groups excluding carboxylic acids is 2. The topological polar surface area (TPSA) is 95.9 Å². The number of amides is 2. The number of ether oxygens (including phenoxy) is 1. The standard InChI is InChI=1S/C20H20N2O5/c23-18(13-27-17-4-2-1-3-5-17)21-11-19(24)22-9-8-14-6-7-15(20(25)26)10-16(14)12-22/h1-7,10H,8-9,11-13H2,(H,21,23)(H,25,26). The summed E-state index contributed by atoms with van der Waals surface area (Å²) in [7, 11) is 0. The number of aromatic carboxylic acids is 1. The summed E-state index contributed by atoms with van der Waals surface area (Å²) >= 11 is 0. The van der Waals surface area contributed by atoms with Gasteiger partial charge < -0.3 is 20.1 Å². The van der Waals surface area contributed by atoms with E-state index in [2.05, 4.69) is 5.32 Å². The van der Waals surface area contributed by atoms with E-state index in [0.717, 1.165) is 11.1 Å². The molecule has 0 aromatic heterocycles. The maximum absolute atomic E-state index is 12.4. The van der Waals surface area contributed by atoms with Crippen molar-refractivity contribution in [1.82, 2.24) is 10.2 Å². The van der Waals surface area contributed by atoms with Gasteiger partial charge in [0.1, 0.15) is 5.75 Å². The highest BCUT2D eigenvalue weighted by molar-refractivity contribution is 5.88. The van der Waals surface area contributed by atoms with Crippen LogP contribution in [-0.4, -0.2) is 47.5 Å². The predicted molar refractivity (Wildman–Crippen MR) is 97.5 cm³/mol. The van der Waals surface area contributed by atoms with Crippen LogP contribution >= 0.6 is 0 Å². The van der Waals surface area contributed by atoms with Crippen molar-refractivity contribution in [3.05, 3.63) is 65.2 Å². The van der Waals surface area contributed by atoms with E-state index in [1.807, 2.05) is 6.07 Å². The molecule has 1 aliphatic heterocycles. The molecule has 140 valence electrons. The van der Waals surface area contributed by atoms with Crippen molar-refractivity contribution >= 4 is 17.8 Å². The Morgan fingerprint density at radius 2 is 1.85 bits per heavy atom. The molecule has 7 heteroatoms. The first-order valence-corrected chi connectivity index (χ1v) is 8.60. The Bertz CT molecular complexity index is 851. The van der Waals surface area contributed by atoms with Gasteiger partial charge in [-0.3, -0.25) is 9.59 Å². The average Bonchev–Trinajstić information content (AvgIpc) is 2.70. The SMILES string of the molecule is O=C(COc1ccccc1)NCC(=O)N1CCc2ccc(C(=O)O)cc2C1. The summed E-state index contributed by atoms with van der Waals surface area (Å²) in [4.78, 5) is 36.9. The average molecular weight is 368 g/mol. The molecule has 1 aliphatic rings. The van der Waals surface area contributed by atoms with Gasteiger partial charge in [0.05, 0.1) is 12.1 Å². The van der Waals surface area contributed by atoms with E-state index < -0.39 is 5.97 Å². The summed E-state index contributed by atoms with van der Waals surface area (Å²) in [5.74, 6) is -1.00. The molecule has 2 aromatic carbocycles. The van der Waals surface area contributed by atoms with Gasteiger partial charge in [-0.1, -0.05) is 24.3 Å². The van der Waals surface area contributed by atoms with Gasteiger partial charge in [-0.05, 0) is 41.8 Å². The normalized spacial score (nSPS) is 12.8. The van der Waals surface area contributed by atoms with Crippen LogP contribution in [0.15, 0.2) is 48.5 Å². The first-order chi connectivity index (χ1) is 13.0. The van der Waals surface area contributed by atoms with E-state index in [0.29, 0.717) is 25.3 Å². The van der Waals surface area contributed by atoms with Crippen molar-refractivity contribution in [1.29, 1.82) is 0 Å². The molecule has 7 nitrogen and oxygen atoms in total. The maximum atomic E-state index is 12.4. The zero-order valence-corrected chi connectivity index (χ0v) is 14.7. The van der Waals surface area contributed by atoms with Crippen molar-refractivity contribution in [2.24, 2.45) is 0 Å². The fraction of sp³-hybridized carbons (Fsp3) is 0.250. The highest BCUT2D eigenvalue weighted by Gasteiger charge is 2.22. The molecular weight excluding hydrogens is 348 g/mol. The van der Waals surface area contributed by atoms with Crippen LogP contribution in [0.1, 0.15) is 21.5 Å². The number of hydrogen-bond acceptors (Lipinski definition) is 4. The molecule has 1 heterocycles. The minimum Gasteiger partial charge on any atom is -0.484 e. The van der Waals surface area contributed by atoms with Gasteiger partial charge in [-0.25, -0.2) is 4.79 Å². The molecule has 3 rings (SSSR count). The molecule has 2 N–H and O–H groups in total. The number of carbonyl (C=O) groups is 3. The fourth-order valence-corrected chi connectivity index (χ4v) is 2.91. The molecule has 0 saturated heterocycles. The number of benzene rings is 2. The Labute approximate surface area is 156 Å². The molecule has 0 saturated carbocycles. The highest BCUT2D eigenvalue weighted by Crippen LogP contribution is 2.20. The third kappa shape index (κ3) is 4.84. The van der Waals surface area contributed by atoms with Crippen molar-refractivity contribution < 1.29 is 24.2 Å². The van der Waals surface area contributed by atoms with E-state index in [9.17, 15) is 14.4 Å². The van der Waals surface area contributed by atoms with E-state index in [1.165, 1.54) is 0 Å². The smallest absolute Gasteiger partial charge is 0.335 e. The first kappa shape index (κ1) is 18.4. The minimum absolute atomic E-state index is 0.120. The van der Waals surface area contributed by atoms with Crippen molar-refractivity contribution in [3.8, 4) is 5.75 Å². The molecule has 2 aromatic rings. The third-order valence-corrected chi connectivity index (χ3v) is 4.37. The number of hydrogen-bond donors (Lipinski definition) is 2. The van der Waals surface area contributed by atoms with Crippen LogP contribution in [0.2, 0.25) is 0 Å². The molecule has 0 atom stereocenters. The van der Waals surface area contributed by atoms with Gasteiger partial charge >= 0.3 is 5.97 Å². The largest absolute Gasteiger partial charge is 0.484 e. The van der Waals surface area contributed by atoms with Gasteiger partial charge in [-0.15, -0.1) is 0 Å². The molecule has 2 amide bonds. The number of nitrogens with one attached hydrogen (secondary N) is 1. The minimum atomic E-state index is -0.994. The van der Waals surface area contributed by atoms with Gasteiger partial charge in [0.2, 0.25) is 5.91 Å². The Balaban J connectivity index is 1.49. The summed E-state index contributed by atoms with van der Waals surface area (Å²) in [6, 6.07) is 13.9. The van der Waals surface area contributed by atoms with Crippen LogP contribution in [0.3, 0.4) is 0 Å². The number of para-hydroxylation sites is 1. The van der Waals surface area contributed by atoms with Crippen LogP contribution in [0, 0.1) is 0 Å². The molecular formula is C20H20N2O5. The second kappa shape index (κ2) is 8.35. The Morgan fingerprint density at radius 3 is 2.59 bits per heavy atom. The van der Waals surface area contributed by atoms with E-state index >= 15 is 0 Å². The van der Waals surface area contributed by atoms with E-state index in [4.69, 9.17) is 9.84 Å². The van der Waals surface area contributed by atoms with Crippen molar-refractivity contribution in [3.63, 3.8) is 0 Å². The van der Waals surface area contributed by atoms with Gasteiger partial charge in [0.25, 0.3) is 5.91 Å². The second-order valence-corrected chi connectivity index (χ2v) is 6.23. The number of nitrogens with zero attached hydrogens (tertiary/aromatic N) is 1. The molecule has 0 bridgehead atoms. The molecule has 0 fully saturated rings. The summed E-state index contributed by atoms with van der Waals surface area (Å²) in [5, 5.41) is 11.7. The number of carboxylic acid groups (broad SMARTS) is 1. The second-order valence-electron chi connectivity index (χ2n) is 6.23. The number of carboxylic acids is 1. The molecule has 0 radical (unpaired) electrons. The van der Waals surface area contributed by atoms with Gasteiger partial charge in [0, 0.05) is 13.1 Å². The lowest BCUT2D eigenvalue weighted by Gasteiger charge is -2.29. The van der Waals surface area contributed by atoms with Crippen LogP contribution in [-0.2, 0) is 22.6 Å². The van der Waals surface area contributed by atoms with Crippen LogP contribution in [0.5, 0.6) is 5.75 Å². The van der Waals surface area contributed by atoms with Crippen molar-refractivity contribution in [2.75, 3.05) is 19.7 Å². The summed E-state index contributed by atoms with van der Waals surface area (Å²) in [6.07, 6.45) is 0.659. The summed E-state index contributed by atoms with van der Waals surface area (Å²) in [5.41, 5.74) is 2.08. The lowest BCUT2D eigenvalue weighted by atomic mass is 9.97. The maximum Gasteiger partial charge on any atom is 0.335 e. The number of rotatable bonds is 6. The highest BCUT2D eigenvalue weighted by atomic mass is 16.5. The quantitative estimate of drug-likeness (QED) is 0.805. The molecule has 27 heavy (non-hydrogen) atoms. The zero-order chi connectivity index (χ0) is 19.2. The van der Waals surface area contributed by atoms with Crippen LogP contribution in [0.4, 0.5) is 0 Å². The monoisotopic (exact) mass is 368 g/mol. The Morgan fingerprint density at radius 1 is 1.07 bits per heavy atom. The van der Waals surface area contributed by atoms with Crippen LogP contribution < -0.4 is 10.1 Å². The lowest BCUT2D eigenvalue weighted by molar-refractivity contribution is -0.134. The summed E-state index contributed by atoms with van der Waals surface area (Å²) < 4.78 is 5.34. The molecule has 0 unspecified atom stereocenters. The Kier molecular flexibility index (Phi) is 5.71. The Hall–Kier alpha value is -3.35. The summed E-state index contributed by atoms with van der Waals surface area (Å²) in [6.45, 7) is 0.591. The number of fused-ring (bicyclic) bond motifs is 1. The van der Waals surface area contributed by atoms with E-state index in [1.54, 1.807) is 47.4 Å². The van der Waals surface area contributed by atoms with Crippen LogP contribution in [0.25, 0.3) is 0 Å². The fourth-order valence-electron chi connectivity index (χ4n) is 2.91. The predicted octanol–water partition coefficient (Wildman–Crippen LogP) is 1.46. The van der Waals surface area contributed by atoms with Crippen molar-refractivity contribution in [2.45, 2.75) is 13.0 Å². The lowest BCUT2D eigenvalue weighted by Crippen LogP contribution is -2.43. The zero-order valence-electron chi connectivity index (χ0n) is 14.7.